The van der Waals surface area contributed by atoms with E-state index in [1.807, 2.05) is 38.1 Å². The van der Waals surface area contributed by atoms with Crippen LogP contribution in [0.4, 0.5) is 5.69 Å². The molecule has 21 heavy (non-hydrogen) atoms. The van der Waals surface area contributed by atoms with E-state index in [0.717, 1.165) is 18.5 Å². The van der Waals surface area contributed by atoms with E-state index in [-0.39, 0.29) is 18.5 Å². The number of aliphatic carboxylic acids is 1. The van der Waals surface area contributed by atoms with E-state index >= 15 is 0 Å². The number of benzene rings is 1. The minimum absolute atomic E-state index is 0.0512. The Labute approximate surface area is 125 Å². The van der Waals surface area contributed by atoms with Crippen molar-refractivity contribution in [2.75, 3.05) is 11.4 Å². The molecular weight excluding hydrogens is 268 g/mol. The Balaban J connectivity index is 2.02. The van der Waals surface area contributed by atoms with Crippen LogP contribution in [0.2, 0.25) is 0 Å². The minimum atomic E-state index is -0.903. The first kappa shape index (κ1) is 15.5. The molecule has 1 aliphatic heterocycles. The molecule has 0 aliphatic carbocycles. The number of nitrogens with one attached hydrogen (secondary N) is 1. The largest absolute Gasteiger partial charge is 0.480 e. The molecule has 0 aromatic heterocycles. The van der Waals surface area contributed by atoms with E-state index in [9.17, 15) is 9.59 Å². The Morgan fingerprint density at radius 1 is 1.43 bits per heavy atom. The van der Waals surface area contributed by atoms with Crippen molar-refractivity contribution in [2.45, 2.75) is 45.2 Å². The van der Waals surface area contributed by atoms with Gasteiger partial charge in [-0.1, -0.05) is 31.5 Å². The number of carboxylic acid groups (broad SMARTS) is 1. The predicted octanol–water partition coefficient (Wildman–Crippen LogP) is 1.81. The molecule has 2 N–H and O–H groups in total. The van der Waals surface area contributed by atoms with Gasteiger partial charge >= 0.3 is 5.97 Å². The highest BCUT2D eigenvalue weighted by molar-refractivity contribution is 5.97. The maximum Gasteiger partial charge on any atom is 0.320 e. The normalized spacial score (nSPS) is 18.4. The predicted molar refractivity (Wildman–Crippen MR) is 81.4 cm³/mol. The van der Waals surface area contributed by atoms with E-state index in [1.54, 1.807) is 4.90 Å². The third-order valence-electron chi connectivity index (χ3n) is 3.85. The molecule has 5 heteroatoms. The Bertz CT molecular complexity index is 530. The van der Waals surface area contributed by atoms with Crippen molar-refractivity contribution in [3.8, 4) is 0 Å². The van der Waals surface area contributed by atoms with E-state index in [2.05, 4.69) is 5.32 Å². The lowest BCUT2D eigenvalue weighted by molar-refractivity contribution is -0.139. The van der Waals surface area contributed by atoms with Gasteiger partial charge in [0, 0.05) is 11.7 Å². The summed E-state index contributed by atoms with van der Waals surface area (Å²) in [7, 11) is 0. The average Bonchev–Trinajstić information content (AvgIpc) is 2.78. The second-order valence-electron chi connectivity index (χ2n) is 5.51. The first-order valence-electron chi connectivity index (χ1n) is 7.40. The van der Waals surface area contributed by atoms with E-state index < -0.39 is 12.0 Å². The zero-order chi connectivity index (χ0) is 15.4. The molecular formula is C16H22N2O3. The third-order valence-corrected chi connectivity index (χ3v) is 3.85. The number of anilines is 1. The molecule has 0 fully saturated rings. The van der Waals surface area contributed by atoms with Gasteiger partial charge in [-0.05, 0) is 31.4 Å². The van der Waals surface area contributed by atoms with Gasteiger partial charge in [-0.25, -0.2) is 0 Å². The average molecular weight is 290 g/mol. The first-order valence-corrected chi connectivity index (χ1v) is 7.40. The fraction of sp³-hybridized carbons (Fsp3) is 0.500. The van der Waals surface area contributed by atoms with Crippen LogP contribution in [-0.2, 0) is 16.0 Å². The topological polar surface area (TPSA) is 69.6 Å². The minimum Gasteiger partial charge on any atom is -0.480 e. The summed E-state index contributed by atoms with van der Waals surface area (Å²) in [6.07, 6.45) is 2.13. The molecule has 1 aromatic carbocycles. The second kappa shape index (κ2) is 6.72. The van der Waals surface area contributed by atoms with Gasteiger partial charge in [0.05, 0.1) is 6.54 Å². The van der Waals surface area contributed by atoms with Gasteiger partial charge in [-0.15, -0.1) is 0 Å². The van der Waals surface area contributed by atoms with Crippen molar-refractivity contribution in [1.82, 2.24) is 5.32 Å². The lowest BCUT2D eigenvalue weighted by Crippen LogP contribution is -2.46. The molecule has 0 spiro atoms. The van der Waals surface area contributed by atoms with E-state index in [1.165, 1.54) is 5.56 Å². The number of carbonyl (C=O) groups excluding carboxylic acids is 1. The van der Waals surface area contributed by atoms with Crippen molar-refractivity contribution < 1.29 is 14.7 Å². The fourth-order valence-corrected chi connectivity index (χ4v) is 2.84. The quantitative estimate of drug-likeness (QED) is 0.838. The highest BCUT2D eigenvalue weighted by Gasteiger charge is 2.30. The SMILES string of the molecule is CCCC(NCC(=O)N1c2ccccc2CC1C)C(=O)O. The molecule has 0 saturated heterocycles. The van der Waals surface area contributed by atoms with Gasteiger partial charge in [0.25, 0.3) is 0 Å². The summed E-state index contributed by atoms with van der Waals surface area (Å²) in [5.41, 5.74) is 2.11. The number of carbonyl (C=O) groups is 2. The lowest BCUT2D eigenvalue weighted by atomic mass is 10.1. The number of fused-ring (bicyclic) bond motifs is 1. The third kappa shape index (κ3) is 3.42. The van der Waals surface area contributed by atoms with Gasteiger partial charge in [0.1, 0.15) is 6.04 Å². The summed E-state index contributed by atoms with van der Waals surface area (Å²) in [5, 5.41) is 12.0. The molecule has 2 rings (SSSR count). The van der Waals surface area contributed by atoms with Crippen LogP contribution in [0.15, 0.2) is 24.3 Å². The Kier molecular flexibility index (Phi) is 4.96. The van der Waals surface area contributed by atoms with Crippen LogP contribution in [0.1, 0.15) is 32.3 Å². The molecule has 5 nitrogen and oxygen atoms in total. The Morgan fingerprint density at radius 3 is 2.81 bits per heavy atom. The van der Waals surface area contributed by atoms with Crippen molar-refractivity contribution in [3.05, 3.63) is 29.8 Å². The molecule has 0 saturated carbocycles. The summed E-state index contributed by atoms with van der Waals surface area (Å²) in [6.45, 7) is 3.99. The Hall–Kier alpha value is -1.88. The lowest BCUT2D eigenvalue weighted by Gasteiger charge is -2.24. The van der Waals surface area contributed by atoms with Crippen LogP contribution in [-0.4, -0.2) is 35.6 Å². The summed E-state index contributed by atoms with van der Waals surface area (Å²) in [6, 6.07) is 7.32. The molecule has 1 amide bonds. The number of rotatable bonds is 6. The zero-order valence-electron chi connectivity index (χ0n) is 12.5. The van der Waals surface area contributed by atoms with Crippen molar-refractivity contribution in [3.63, 3.8) is 0 Å². The standard InChI is InChI=1S/C16H22N2O3/c1-3-6-13(16(20)21)17-10-15(19)18-11(2)9-12-7-4-5-8-14(12)18/h4-5,7-8,11,13,17H,3,6,9-10H2,1-2H3,(H,20,21). The number of hydrogen-bond donors (Lipinski definition) is 2. The number of nitrogens with zero attached hydrogens (tertiary/aromatic N) is 1. The molecule has 2 atom stereocenters. The zero-order valence-corrected chi connectivity index (χ0v) is 12.5. The molecule has 1 heterocycles. The van der Waals surface area contributed by atoms with E-state index in [4.69, 9.17) is 5.11 Å². The fourth-order valence-electron chi connectivity index (χ4n) is 2.84. The van der Waals surface area contributed by atoms with Crippen LogP contribution in [0.25, 0.3) is 0 Å². The van der Waals surface area contributed by atoms with Crippen LogP contribution >= 0.6 is 0 Å². The van der Waals surface area contributed by atoms with Gasteiger partial charge in [-0.3, -0.25) is 14.9 Å². The molecule has 2 unspecified atom stereocenters. The Morgan fingerprint density at radius 2 is 2.14 bits per heavy atom. The van der Waals surface area contributed by atoms with Crippen molar-refractivity contribution >= 4 is 17.6 Å². The van der Waals surface area contributed by atoms with Gasteiger partial charge < -0.3 is 10.0 Å². The summed E-state index contributed by atoms with van der Waals surface area (Å²) in [5.74, 6) is -0.977. The van der Waals surface area contributed by atoms with Crippen LogP contribution in [0.5, 0.6) is 0 Å². The van der Waals surface area contributed by atoms with Crippen molar-refractivity contribution in [2.24, 2.45) is 0 Å². The number of carboxylic acids is 1. The number of para-hydroxylation sites is 1. The maximum atomic E-state index is 12.4. The van der Waals surface area contributed by atoms with Gasteiger partial charge in [-0.2, -0.15) is 0 Å². The summed E-state index contributed by atoms with van der Waals surface area (Å²) < 4.78 is 0. The summed E-state index contributed by atoms with van der Waals surface area (Å²) in [4.78, 5) is 25.3. The van der Waals surface area contributed by atoms with Crippen LogP contribution < -0.4 is 10.2 Å². The molecule has 0 bridgehead atoms. The smallest absolute Gasteiger partial charge is 0.320 e. The molecule has 114 valence electrons. The number of hydrogen-bond acceptors (Lipinski definition) is 3. The molecule has 1 aliphatic rings. The van der Waals surface area contributed by atoms with Crippen molar-refractivity contribution in [1.29, 1.82) is 0 Å². The number of amides is 1. The maximum absolute atomic E-state index is 12.4. The van der Waals surface area contributed by atoms with Gasteiger partial charge in [0.2, 0.25) is 5.91 Å². The highest BCUT2D eigenvalue weighted by atomic mass is 16.4. The summed E-state index contributed by atoms with van der Waals surface area (Å²) >= 11 is 0. The van der Waals surface area contributed by atoms with Crippen LogP contribution in [0.3, 0.4) is 0 Å². The highest BCUT2D eigenvalue weighted by Crippen LogP contribution is 2.31. The van der Waals surface area contributed by atoms with Gasteiger partial charge in [0.15, 0.2) is 0 Å². The first-order chi connectivity index (χ1) is 10.0. The van der Waals surface area contributed by atoms with E-state index in [0.29, 0.717) is 6.42 Å². The molecule has 0 radical (unpaired) electrons. The van der Waals surface area contributed by atoms with Crippen LogP contribution in [0, 0.1) is 0 Å². The second-order valence-corrected chi connectivity index (χ2v) is 5.51. The monoisotopic (exact) mass is 290 g/mol. The molecule has 1 aromatic rings.